The van der Waals surface area contributed by atoms with Crippen LogP contribution < -0.4 is 4.90 Å². The minimum Gasteiger partial charge on any atom is -0.478 e. The van der Waals surface area contributed by atoms with Crippen LogP contribution in [0, 0.1) is 0 Å². The molecule has 5 nitrogen and oxygen atoms in total. The zero-order valence-corrected chi connectivity index (χ0v) is 7.75. The SMILES string of the molecule is O=C(O)c1ccccc1N1C=NCC1=O. The van der Waals surface area contributed by atoms with Crippen molar-refractivity contribution in [2.75, 3.05) is 11.4 Å². The monoisotopic (exact) mass is 204 g/mol. The van der Waals surface area contributed by atoms with Crippen molar-refractivity contribution in [2.45, 2.75) is 0 Å². The maximum absolute atomic E-state index is 11.4. The Balaban J connectivity index is 2.47. The number of para-hydroxylation sites is 1. The van der Waals surface area contributed by atoms with Gasteiger partial charge in [-0.15, -0.1) is 0 Å². The smallest absolute Gasteiger partial charge is 0.337 e. The van der Waals surface area contributed by atoms with Gasteiger partial charge in [0.25, 0.3) is 5.91 Å². The number of amides is 1. The molecule has 0 spiro atoms. The number of carboxylic acid groups (broad SMARTS) is 1. The van der Waals surface area contributed by atoms with E-state index in [4.69, 9.17) is 5.11 Å². The number of carbonyl (C=O) groups excluding carboxylic acids is 1. The second-order valence-electron chi connectivity index (χ2n) is 3.04. The predicted octanol–water partition coefficient (Wildman–Crippen LogP) is 0.760. The van der Waals surface area contributed by atoms with Gasteiger partial charge >= 0.3 is 5.97 Å². The van der Waals surface area contributed by atoms with Crippen LogP contribution in [0.1, 0.15) is 10.4 Å². The number of nitrogens with zero attached hydrogens (tertiary/aromatic N) is 2. The van der Waals surface area contributed by atoms with Gasteiger partial charge in [0.2, 0.25) is 0 Å². The number of aromatic carboxylic acids is 1. The number of hydrogen-bond acceptors (Lipinski definition) is 3. The number of hydrogen-bond donors (Lipinski definition) is 1. The first kappa shape index (κ1) is 9.39. The normalized spacial score (nSPS) is 14.7. The van der Waals surface area contributed by atoms with E-state index in [1.54, 1.807) is 18.2 Å². The molecule has 0 saturated heterocycles. The second kappa shape index (κ2) is 3.53. The molecule has 0 atom stereocenters. The third kappa shape index (κ3) is 1.59. The van der Waals surface area contributed by atoms with Crippen LogP contribution in [-0.4, -0.2) is 29.9 Å². The van der Waals surface area contributed by atoms with Crippen LogP contribution in [0.4, 0.5) is 5.69 Å². The van der Waals surface area contributed by atoms with E-state index in [1.807, 2.05) is 0 Å². The molecule has 2 rings (SSSR count). The highest BCUT2D eigenvalue weighted by atomic mass is 16.4. The molecule has 76 valence electrons. The number of anilines is 1. The van der Waals surface area contributed by atoms with Gasteiger partial charge in [-0.3, -0.25) is 14.7 Å². The van der Waals surface area contributed by atoms with Crippen LogP contribution in [0.2, 0.25) is 0 Å². The van der Waals surface area contributed by atoms with Crippen LogP contribution in [0.25, 0.3) is 0 Å². The molecule has 1 N–H and O–H groups in total. The molecule has 0 aromatic heterocycles. The Hall–Kier alpha value is -2.17. The zero-order valence-electron chi connectivity index (χ0n) is 7.75. The lowest BCUT2D eigenvalue weighted by atomic mass is 10.1. The lowest BCUT2D eigenvalue weighted by Crippen LogP contribution is -2.27. The highest BCUT2D eigenvalue weighted by molar-refractivity contribution is 6.15. The summed E-state index contributed by atoms with van der Waals surface area (Å²) in [4.78, 5) is 27.3. The Morgan fingerprint density at radius 3 is 2.73 bits per heavy atom. The number of benzene rings is 1. The van der Waals surface area contributed by atoms with E-state index < -0.39 is 5.97 Å². The molecule has 1 aliphatic rings. The topological polar surface area (TPSA) is 70.0 Å². The third-order valence-electron chi connectivity index (χ3n) is 2.09. The Bertz CT molecular complexity index is 454. The fraction of sp³-hybridized carbons (Fsp3) is 0.100. The molecular weight excluding hydrogens is 196 g/mol. The molecule has 1 aromatic carbocycles. The van der Waals surface area contributed by atoms with Crippen LogP contribution >= 0.6 is 0 Å². The summed E-state index contributed by atoms with van der Waals surface area (Å²) in [5.41, 5.74) is 0.454. The average molecular weight is 204 g/mol. The molecule has 1 amide bonds. The maximum atomic E-state index is 11.4. The fourth-order valence-corrected chi connectivity index (χ4v) is 1.40. The van der Waals surface area contributed by atoms with Gasteiger partial charge in [-0.1, -0.05) is 12.1 Å². The van der Waals surface area contributed by atoms with E-state index in [9.17, 15) is 9.59 Å². The number of rotatable bonds is 2. The van der Waals surface area contributed by atoms with Gasteiger partial charge < -0.3 is 5.11 Å². The van der Waals surface area contributed by atoms with E-state index >= 15 is 0 Å². The Morgan fingerprint density at radius 2 is 2.13 bits per heavy atom. The van der Waals surface area contributed by atoms with Crippen molar-refractivity contribution in [3.8, 4) is 0 Å². The molecule has 0 bridgehead atoms. The van der Waals surface area contributed by atoms with Gasteiger partial charge in [0.05, 0.1) is 17.6 Å². The summed E-state index contributed by atoms with van der Waals surface area (Å²) in [6.07, 6.45) is 1.35. The summed E-state index contributed by atoms with van der Waals surface area (Å²) >= 11 is 0. The van der Waals surface area contributed by atoms with E-state index in [-0.39, 0.29) is 18.0 Å². The van der Waals surface area contributed by atoms with Crippen LogP contribution in [-0.2, 0) is 4.79 Å². The van der Waals surface area contributed by atoms with Gasteiger partial charge in [0.15, 0.2) is 0 Å². The van der Waals surface area contributed by atoms with Crippen molar-refractivity contribution < 1.29 is 14.7 Å². The van der Waals surface area contributed by atoms with E-state index in [2.05, 4.69) is 4.99 Å². The highest BCUT2D eigenvalue weighted by Gasteiger charge is 2.22. The van der Waals surface area contributed by atoms with E-state index in [0.29, 0.717) is 5.69 Å². The molecule has 1 heterocycles. The molecule has 15 heavy (non-hydrogen) atoms. The second-order valence-corrected chi connectivity index (χ2v) is 3.04. The van der Waals surface area contributed by atoms with E-state index in [1.165, 1.54) is 17.3 Å². The lowest BCUT2D eigenvalue weighted by Gasteiger charge is -2.14. The number of carbonyl (C=O) groups is 2. The Labute approximate surface area is 85.7 Å². The summed E-state index contributed by atoms with van der Waals surface area (Å²) in [6, 6.07) is 6.33. The minimum absolute atomic E-state index is 0.0773. The molecule has 0 radical (unpaired) electrons. The molecule has 0 aliphatic carbocycles. The molecule has 5 heteroatoms. The van der Waals surface area contributed by atoms with Gasteiger partial charge in [0, 0.05) is 0 Å². The van der Waals surface area contributed by atoms with Gasteiger partial charge in [-0.05, 0) is 12.1 Å². The maximum Gasteiger partial charge on any atom is 0.337 e. The molecule has 0 unspecified atom stereocenters. The van der Waals surface area contributed by atoms with Crippen LogP contribution in [0.15, 0.2) is 29.3 Å². The lowest BCUT2D eigenvalue weighted by molar-refractivity contribution is -0.115. The Kier molecular flexibility index (Phi) is 2.21. The fourth-order valence-electron chi connectivity index (χ4n) is 1.40. The summed E-state index contributed by atoms with van der Waals surface area (Å²) in [6.45, 7) is 0.0773. The Morgan fingerprint density at radius 1 is 1.40 bits per heavy atom. The van der Waals surface area contributed by atoms with Crippen LogP contribution in [0.3, 0.4) is 0 Å². The zero-order chi connectivity index (χ0) is 10.8. The first-order valence-corrected chi connectivity index (χ1v) is 4.34. The molecule has 1 aromatic rings. The third-order valence-corrected chi connectivity index (χ3v) is 2.09. The number of aliphatic imine (C=N–C) groups is 1. The minimum atomic E-state index is -1.06. The van der Waals surface area contributed by atoms with Crippen molar-refractivity contribution in [2.24, 2.45) is 4.99 Å². The molecular formula is C10H8N2O3. The van der Waals surface area contributed by atoms with Crippen molar-refractivity contribution in [1.29, 1.82) is 0 Å². The van der Waals surface area contributed by atoms with E-state index in [0.717, 1.165) is 0 Å². The highest BCUT2D eigenvalue weighted by Crippen LogP contribution is 2.21. The van der Waals surface area contributed by atoms with Crippen molar-refractivity contribution in [1.82, 2.24) is 0 Å². The number of carboxylic acids is 1. The average Bonchev–Trinajstić information content (AvgIpc) is 2.64. The first-order chi connectivity index (χ1) is 7.20. The van der Waals surface area contributed by atoms with Crippen molar-refractivity contribution >= 4 is 23.9 Å². The molecule has 0 saturated carbocycles. The molecule has 1 aliphatic heterocycles. The summed E-state index contributed by atoms with van der Waals surface area (Å²) < 4.78 is 0. The van der Waals surface area contributed by atoms with Gasteiger partial charge in [-0.25, -0.2) is 4.79 Å². The van der Waals surface area contributed by atoms with Crippen LogP contribution in [0.5, 0.6) is 0 Å². The molecule has 0 fully saturated rings. The summed E-state index contributed by atoms with van der Waals surface area (Å²) in [5, 5.41) is 8.93. The quantitative estimate of drug-likeness (QED) is 0.773. The summed E-state index contributed by atoms with van der Waals surface area (Å²) in [7, 11) is 0. The largest absolute Gasteiger partial charge is 0.478 e. The van der Waals surface area contributed by atoms with Crippen molar-refractivity contribution in [3.63, 3.8) is 0 Å². The van der Waals surface area contributed by atoms with Gasteiger partial charge in [-0.2, -0.15) is 0 Å². The summed E-state index contributed by atoms with van der Waals surface area (Å²) in [5.74, 6) is -1.28. The van der Waals surface area contributed by atoms with Crippen molar-refractivity contribution in [3.05, 3.63) is 29.8 Å². The first-order valence-electron chi connectivity index (χ1n) is 4.34. The van der Waals surface area contributed by atoms with Gasteiger partial charge in [0.1, 0.15) is 6.54 Å². The standard InChI is InChI=1S/C10H8N2O3/c13-9-5-11-6-12(9)8-4-2-1-3-7(8)10(14)15/h1-4,6H,5H2,(H,14,15). The predicted molar refractivity (Wildman–Crippen MR) is 54.2 cm³/mol.